The highest BCUT2D eigenvalue weighted by molar-refractivity contribution is 7.07. The summed E-state index contributed by atoms with van der Waals surface area (Å²) in [5.74, 6) is 0.764. The molecular formula is C18H25N3O2S. The second-order valence-corrected chi connectivity index (χ2v) is 6.14. The fourth-order valence-corrected chi connectivity index (χ4v) is 3.33. The van der Waals surface area contributed by atoms with Gasteiger partial charge in [0.05, 0.1) is 13.2 Å². The first-order valence-corrected chi connectivity index (χ1v) is 9.07. The highest BCUT2D eigenvalue weighted by Gasteiger charge is 2.19. The molecule has 130 valence electrons. The Hall–Kier alpha value is -2.05. The van der Waals surface area contributed by atoms with Crippen LogP contribution in [-0.2, 0) is 0 Å². The molecule has 5 nitrogen and oxygen atoms in total. The molecule has 2 rings (SSSR count). The molecule has 2 N–H and O–H groups in total. The molecule has 1 aromatic heterocycles. The first-order valence-electron chi connectivity index (χ1n) is 8.13. The zero-order valence-corrected chi connectivity index (χ0v) is 15.2. The molecule has 6 heteroatoms. The predicted molar refractivity (Wildman–Crippen MR) is 100.0 cm³/mol. The van der Waals surface area contributed by atoms with Gasteiger partial charge in [0.2, 0.25) is 0 Å². The number of thiophene rings is 1. The molecule has 0 aliphatic rings. The number of hydrogen-bond acceptors (Lipinski definition) is 4. The van der Waals surface area contributed by atoms with E-state index < -0.39 is 0 Å². The number of rotatable bonds is 8. The summed E-state index contributed by atoms with van der Waals surface area (Å²) >= 11 is 1.68. The maximum atomic E-state index is 12.2. The van der Waals surface area contributed by atoms with E-state index in [1.807, 2.05) is 24.3 Å². The van der Waals surface area contributed by atoms with Crippen molar-refractivity contribution in [3.8, 4) is 5.75 Å². The molecule has 1 heterocycles. The highest BCUT2D eigenvalue weighted by Crippen LogP contribution is 2.22. The van der Waals surface area contributed by atoms with Gasteiger partial charge in [-0.3, -0.25) is 4.90 Å². The van der Waals surface area contributed by atoms with Gasteiger partial charge in [-0.2, -0.15) is 11.3 Å². The second kappa shape index (κ2) is 9.30. The van der Waals surface area contributed by atoms with E-state index in [1.54, 1.807) is 18.4 Å². The van der Waals surface area contributed by atoms with Gasteiger partial charge in [0.25, 0.3) is 0 Å². The van der Waals surface area contributed by atoms with Crippen LogP contribution in [0.1, 0.15) is 25.5 Å². The van der Waals surface area contributed by atoms with Gasteiger partial charge in [0, 0.05) is 12.2 Å². The van der Waals surface area contributed by atoms with Crippen molar-refractivity contribution >= 4 is 23.1 Å². The molecule has 0 bridgehead atoms. The van der Waals surface area contributed by atoms with E-state index in [1.165, 1.54) is 5.56 Å². The number of methoxy groups -OCH3 is 1. The first kappa shape index (κ1) is 18.3. The van der Waals surface area contributed by atoms with Crippen LogP contribution in [0.4, 0.5) is 10.5 Å². The number of nitrogens with one attached hydrogen (secondary N) is 2. The maximum Gasteiger partial charge on any atom is 0.319 e. The van der Waals surface area contributed by atoms with E-state index in [-0.39, 0.29) is 12.1 Å². The van der Waals surface area contributed by atoms with Crippen molar-refractivity contribution in [3.63, 3.8) is 0 Å². The molecule has 0 aliphatic carbocycles. The molecule has 0 saturated carbocycles. The van der Waals surface area contributed by atoms with Crippen molar-refractivity contribution in [2.24, 2.45) is 0 Å². The number of nitrogens with zero attached hydrogens (tertiary/aromatic N) is 1. The molecule has 0 radical (unpaired) electrons. The van der Waals surface area contributed by atoms with E-state index >= 15 is 0 Å². The van der Waals surface area contributed by atoms with Crippen LogP contribution in [0.15, 0.2) is 41.1 Å². The summed E-state index contributed by atoms with van der Waals surface area (Å²) in [6, 6.07) is 9.38. The van der Waals surface area contributed by atoms with Crippen molar-refractivity contribution in [1.82, 2.24) is 10.2 Å². The lowest BCUT2D eigenvalue weighted by Crippen LogP contribution is -2.39. The lowest BCUT2D eigenvalue weighted by Gasteiger charge is -2.29. The van der Waals surface area contributed by atoms with Crippen LogP contribution in [0.5, 0.6) is 5.75 Å². The number of hydrogen-bond donors (Lipinski definition) is 2. The Morgan fingerprint density at radius 3 is 2.46 bits per heavy atom. The van der Waals surface area contributed by atoms with Gasteiger partial charge in [0.1, 0.15) is 5.75 Å². The summed E-state index contributed by atoms with van der Waals surface area (Å²) in [6.45, 7) is 6.73. The largest absolute Gasteiger partial charge is 0.497 e. The highest BCUT2D eigenvalue weighted by atomic mass is 32.1. The summed E-state index contributed by atoms with van der Waals surface area (Å²) in [5, 5.41) is 10.0. The van der Waals surface area contributed by atoms with E-state index in [4.69, 9.17) is 4.74 Å². The van der Waals surface area contributed by atoms with Gasteiger partial charge in [-0.1, -0.05) is 13.8 Å². The minimum absolute atomic E-state index is 0.188. The van der Waals surface area contributed by atoms with Gasteiger partial charge in [-0.15, -0.1) is 0 Å². The SMILES string of the molecule is CCN(CC)C(CNC(=O)Nc1ccc(OC)cc1)c1ccsc1. The molecule has 0 aliphatic heterocycles. The zero-order chi connectivity index (χ0) is 17.4. The molecule has 2 aromatic rings. The fraction of sp³-hybridized carbons (Fsp3) is 0.389. The monoisotopic (exact) mass is 347 g/mol. The Morgan fingerprint density at radius 2 is 1.92 bits per heavy atom. The number of ether oxygens (including phenoxy) is 1. The predicted octanol–water partition coefficient (Wildman–Crippen LogP) is 3.96. The quantitative estimate of drug-likeness (QED) is 0.760. The van der Waals surface area contributed by atoms with Crippen LogP contribution >= 0.6 is 11.3 Å². The van der Waals surface area contributed by atoms with Crippen LogP contribution in [-0.4, -0.2) is 37.7 Å². The van der Waals surface area contributed by atoms with E-state index in [0.717, 1.165) is 24.5 Å². The standard InChI is InChI=1S/C18H25N3O2S/c1-4-21(5-2)17(14-10-11-24-13-14)12-19-18(22)20-15-6-8-16(23-3)9-7-15/h6-11,13,17H,4-5,12H2,1-3H3,(H2,19,20,22). The third kappa shape index (κ3) is 4.97. The number of amides is 2. The summed E-state index contributed by atoms with van der Waals surface area (Å²) in [4.78, 5) is 14.5. The molecule has 1 aromatic carbocycles. The summed E-state index contributed by atoms with van der Waals surface area (Å²) in [7, 11) is 1.62. The second-order valence-electron chi connectivity index (χ2n) is 5.36. The van der Waals surface area contributed by atoms with Crippen molar-refractivity contribution in [1.29, 1.82) is 0 Å². The molecule has 0 spiro atoms. The lowest BCUT2D eigenvalue weighted by atomic mass is 10.1. The average Bonchev–Trinajstić information content (AvgIpc) is 3.13. The summed E-state index contributed by atoms with van der Waals surface area (Å²) < 4.78 is 5.11. The Kier molecular flexibility index (Phi) is 7.08. The average molecular weight is 347 g/mol. The molecule has 2 amide bonds. The van der Waals surface area contributed by atoms with Crippen LogP contribution in [0.25, 0.3) is 0 Å². The number of carbonyl (C=O) groups excluding carboxylic acids is 1. The van der Waals surface area contributed by atoms with Gasteiger partial charge >= 0.3 is 6.03 Å². The van der Waals surface area contributed by atoms with Gasteiger partial charge in [-0.05, 0) is 59.7 Å². The van der Waals surface area contributed by atoms with E-state index in [9.17, 15) is 4.79 Å². The smallest absolute Gasteiger partial charge is 0.319 e. The Labute approximate surface area is 147 Å². The Bertz CT molecular complexity index is 610. The van der Waals surface area contributed by atoms with Crippen molar-refractivity contribution in [2.75, 3.05) is 32.1 Å². The Morgan fingerprint density at radius 1 is 1.21 bits per heavy atom. The van der Waals surface area contributed by atoms with E-state index in [0.29, 0.717) is 6.54 Å². The number of benzene rings is 1. The summed E-state index contributed by atoms with van der Waals surface area (Å²) in [5.41, 5.74) is 1.98. The number of anilines is 1. The third-order valence-corrected chi connectivity index (χ3v) is 4.69. The minimum atomic E-state index is -0.201. The zero-order valence-electron chi connectivity index (χ0n) is 14.4. The van der Waals surface area contributed by atoms with Crippen LogP contribution in [0.2, 0.25) is 0 Å². The number of carbonyl (C=O) groups is 1. The van der Waals surface area contributed by atoms with Gasteiger partial charge in [-0.25, -0.2) is 4.79 Å². The van der Waals surface area contributed by atoms with Crippen LogP contribution < -0.4 is 15.4 Å². The van der Waals surface area contributed by atoms with Crippen molar-refractivity contribution in [3.05, 3.63) is 46.7 Å². The van der Waals surface area contributed by atoms with Crippen molar-refractivity contribution in [2.45, 2.75) is 19.9 Å². The fourth-order valence-electron chi connectivity index (χ4n) is 2.63. The minimum Gasteiger partial charge on any atom is -0.497 e. The number of urea groups is 1. The van der Waals surface area contributed by atoms with Gasteiger partial charge < -0.3 is 15.4 Å². The maximum absolute atomic E-state index is 12.2. The Balaban J connectivity index is 1.94. The normalized spacial score (nSPS) is 12.0. The van der Waals surface area contributed by atoms with Crippen molar-refractivity contribution < 1.29 is 9.53 Å². The molecular weight excluding hydrogens is 322 g/mol. The topological polar surface area (TPSA) is 53.6 Å². The number of likely N-dealkylation sites (N-methyl/N-ethyl adjacent to an activating group) is 1. The summed E-state index contributed by atoms with van der Waals surface area (Å²) in [6.07, 6.45) is 0. The molecule has 1 atom stereocenters. The first-order chi connectivity index (χ1) is 11.7. The molecule has 0 fully saturated rings. The lowest BCUT2D eigenvalue weighted by molar-refractivity contribution is 0.210. The molecule has 24 heavy (non-hydrogen) atoms. The molecule has 0 saturated heterocycles. The van der Waals surface area contributed by atoms with Crippen LogP contribution in [0.3, 0.4) is 0 Å². The van der Waals surface area contributed by atoms with Gasteiger partial charge in [0.15, 0.2) is 0 Å². The van der Waals surface area contributed by atoms with E-state index in [2.05, 4.69) is 46.2 Å². The molecule has 1 unspecified atom stereocenters. The van der Waals surface area contributed by atoms with Crippen LogP contribution in [0, 0.1) is 0 Å². The third-order valence-electron chi connectivity index (χ3n) is 3.98.